The third-order valence-corrected chi connectivity index (χ3v) is 2.36. The van der Waals surface area contributed by atoms with Crippen LogP contribution in [0.25, 0.3) is 0 Å². The van der Waals surface area contributed by atoms with Crippen LogP contribution in [0.1, 0.15) is 20.3 Å². The van der Waals surface area contributed by atoms with Gasteiger partial charge >= 0.3 is 5.97 Å². The lowest BCUT2D eigenvalue weighted by Gasteiger charge is -2.20. The van der Waals surface area contributed by atoms with Crippen LogP contribution >= 0.6 is 0 Å². The Balaban J connectivity index is 4.91. The summed E-state index contributed by atoms with van der Waals surface area (Å²) in [6.45, 7) is 3.09. The summed E-state index contributed by atoms with van der Waals surface area (Å²) >= 11 is 0. The molecule has 0 aliphatic carbocycles. The van der Waals surface area contributed by atoms with E-state index in [1.54, 1.807) is 13.8 Å². The number of carbonyl (C=O) groups excluding carboxylic acids is 3. The zero-order valence-electron chi connectivity index (χ0n) is 10.5. The second-order valence-corrected chi connectivity index (χ2v) is 4.27. The number of primary amides is 1. The lowest BCUT2D eigenvalue weighted by molar-refractivity contribution is -0.147. The normalized spacial score (nSPS) is 13.5. The fourth-order valence-corrected chi connectivity index (χ4v) is 1.46. The number of aliphatic carboxylic acids is 1. The number of hydroxylamine groups is 1. The Morgan fingerprint density at radius 1 is 1.16 bits per heavy atom. The summed E-state index contributed by atoms with van der Waals surface area (Å²) in [6, 6.07) is -1.52. The molecule has 9 nitrogen and oxygen atoms in total. The molecule has 2 atom stereocenters. The van der Waals surface area contributed by atoms with E-state index in [1.165, 1.54) is 5.48 Å². The molecule has 1 unspecified atom stereocenters. The Morgan fingerprint density at radius 2 is 1.68 bits per heavy atom. The van der Waals surface area contributed by atoms with E-state index in [1.807, 2.05) is 5.32 Å². The minimum atomic E-state index is -1.52. The molecule has 0 spiro atoms. The Morgan fingerprint density at radius 3 is 2.00 bits per heavy atom. The number of nitrogens with one attached hydrogen (secondary N) is 2. The SMILES string of the molecule is CC(C)C(C(=O)NO)C(=O)N[C@@H](CC(N)=O)C(=O)O. The molecule has 0 aromatic heterocycles. The summed E-state index contributed by atoms with van der Waals surface area (Å²) in [7, 11) is 0. The van der Waals surface area contributed by atoms with Gasteiger partial charge in [0.05, 0.1) is 6.42 Å². The van der Waals surface area contributed by atoms with Crippen molar-refractivity contribution in [2.75, 3.05) is 0 Å². The van der Waals surface area contributed by atoms with Crippen molar-refractivity contribution >= 4 is 23.7 Å². The zero-order valence-corrected chi connectivity index (χ0v) is 10.5. The first kappa shape index (κ1) is 16.8. The van der Waals surface area contributed by atoms with Crippen LogP contribution in [0, 0.1) is 11.8 Å². The van der Waals surface area contributed by atoms with Crippen molar-refractivity contribution in [2.45, 2.75) is 26.3 Å². The van der Waals surface area contributed by atoms with Gasteiger partial charge in [0.1, 0.15) is 12.0 Å². The topological polar surface area (TPSA) is 159 Å². The molecule has 0 saturated carbocycles. The number of hydrogen-bond acceptors (Lipinski definition) is 5. The number of carboxylic acid groups (broad SMARTS) is 1. The zero-order chi connectivity index (χ0) is 15.2. The van der Waals surface area contributed by atoms with Gasteiger partial charge in [-0.2, -0.15) is 0 Å². The van der Waals surface area contributed by atoms with Gasteiger partial charge in [-0.3, -0.25) is 19.6 Å². The average Bonchev–Trinajstić information content (AvgIpc) is 2.26. The van der Waals surface area contributed by atoms with Gasteiger partial charge < -0.3 is 16.2 Å². The van der Waals surface area contributed by atoms with Crippen LogP contribution in [-0.2, 0) is 19.2 Å². The maximum atomic E-state index is 11.8. The summed E-state index contributed by atoms with van der Waals surface area (Å²) in [5.41, 5.74) is 6.19. The molecule has 0 fully saturated rings. The lowest BCUT2D eigenvalue weighted by atomic mass is 9.93. The van der Waals surface area contributed by atoms with Gasteiger partial charge in [-0.25, -0.2) is 10.3 Å². The molecular weight excluding hydrogens is 258 g/mol. The van der Waals surface area contributed by atoms with Crippen molar-refractivity contribution in [3.8, 4) is 0 Å². The van der Waals surface area contributed by atoms with E-state index in [9.17, 15) is 19.2 Å². The molecule has 108 valence electrons. The third-order valence-electron chi connectivity index (χ3n) is 2.36. The number of rotatable bonds is 7. The predicted octanol–water partition coefficient (Wildman–Crippen LogP) is -1.79. The number of hydrogen-bond donors (Lipinski definition) is 5. The largest absolute Gasteiger partial charge is 0.480 e. The van der Waals surface area contributed by atoms with Crippen molar-refractivity contribution < 1.29 is 29.5 Å². The highest BCUT2D eigenvalue weighted by Crippen LogP contribution is 2.11. The number of nitrogens with two attached hydrogens (primary N) is 1. The molecule has 0 rings (SSSR count). The van der Waals surface area contributed by atoms with Crippen LogP contribution < -0.4 is 16.5 Å². The minimum Gasteiger partial charge on any atom is -0.480 e. The second kappa shape index (κ2) is 7.31. The highest BCUT2D eigenvalue weighted by molar-refractivity contribution is 6.01. The van der Waals surface area contributed by atoms with Crippen LogP contribution in [0.3, 0.4) is 0 Å². The van der Waals surface area contributed by atoms with E-state index in [0.29, 0.717) is 0 Å². The molecule has 0 heterocycles. The number of carboxylic acids is 1. The maximum absolute atomic E-state index is 11.8. The van der Waals surface area contributed by atoms with Gasteiger partial charge in [0.25, 0.3) is 5.91 Å². The van der Waals surface area contributed by atoms with E-state index in [4.69, 9.17) is 16.0 Å². The lowest BCUT2D eigenvalue weighted by Crippen LogP contribution is -2.50. The van der Waals surface area contributed by atoms with E-state index in [0.717, 1.165) is 0 Å². The van der Waals surface area contributed by atoms with Crippen molar-refractivity contribution in [1.29, 1.82) is 0 Å². The third kappa shape index (κ3) is 5.34. The fraction of sp³-hybridized carbons (Fsp3) is 0.600. The van der Waals surface area contributed by atoms with Crippen LogP contribution in [-0.4, -0.2) is 40.0 Å². The number of carbonyl (C=O) groups is 4. The first-order chi connectivity index (χ1) is 8.70. The molecule has 0 aliphatic heterocycles. The first-order valence-corrected chi connectivity index (χ1v) is 5.46. The fourth-order valence-electron chi connectivity index (χ4n) is 1.46. The summed E-state index contributed by atoms with van der Waals surface area (Å²) in [4.78, 5) is 44.6. The minimum absolute atomic E-state index is 0.477. The van der Waals surface area contributed by atoms with Crippen molar-refractivity contribution in [1.82, 2.24) is 10.8 Å². The molecule has 0 aromatic rings. The Bertz CT molecular complexity index is 381. The highest BCUT2D eigenvalue weighted by Gasteiger charge is 2.33. The summed E-state index contributed by atoms with van der Waals surface area (Å²) in [5, 5.41) is 19.4. The number of amides is 3. The molecular formula is C10H17N3O6. The maximum Gasteiger partial charge on any atom is 0.326 e. The monoisotopic (exact) mass is 275 g/mol. The molecule has 9 heteroatoms. The van der Waals surface area contributed by atoms with Crippen LogP contribution in [0.5, 0.6) is 0 Å². The van der Waals surface area contributed by atoms with Crippen LogP contribution in [0.4, 0.5) is 0 Å². The Labute approximate surface area is 109 Å². The van der Waals surface area contributed by atoms with Gasteiger partial charge in [-0.05, 0) is 5.92 Å². The highest BCUT2D eigenvalue weighted by atomic mass is 16.5. The van der Waals surface area contributed by atoms with Gasteiger partial charge in [-0.15, -0.1) is 0 Å². The standard InChI is InChI=1S/C10H17N3O6/c1-4(2)7(9(16)13-19)8(15)12-5(10(17)18)3-6(11)14/h4-5,7,19H,3H2,1-2H3,(H2,11,14)(H,12,15)(H,13,16)(H,17,18)/t5-,7?/m0/s1. The van der Waals surface area contributed by atoms with Gasteiger partial charge in [0, 0.05) is 0 Å². The molecule has 6 N–H and O–H groups in total. The van der Waals surface area contributed by atoms with E-state index in [2.05, 4.69) is 0 Å². The molecule has 3 amide bonds. The van der Waals surface area contributed by atoms with E-state index >= 15 is 0 Å². The smallest absolute Gasteiger partial charge is 0.326 e. The quantitative estimate of drug-likeness (QED) is 0.209. The summed E-state index contributed by atoms with van der Waals surface area (Å²) in [5.74, 6) is -5.97. The van der Waals surface area contributed by atoms with E-state index in [-0.39, 0.29) is 0 Å². The second-order valence-electron chi connectivity index (χ2n) is 4.27. The first-order valence-electron chi connectivity index (χ1n) is 5.46. The van der Waals surface area contributed by atoms with E-state index < -0.39 is 48.0 Å². The van der Waals surface area contributed by atoms with Crippen molar-refractivity contribution in [3.05, 3.63) is 0 Å². The van der Waals surface area contributed by atoms with Crippen molar-refractivity contribution in [3.63, 3.8) is 0 Å². The Hall–Kier alpha value is -2.16. The van der Waals surface area contributed by atoms with Crippen LogP contribution in [0.15, 0.2) is 0 Å². The Kier molecular flexibility index (Phi) is 6.48. The molecule has 0 bridgehead atoms. The van der Waals surface area contributed by atoms with Crippen LogP contribution in [0.2, 0.25) is 0 Å². The molecule has 0 aliphatic rings. The van der Waals surface area contributed by atoms with Gasteiger partial charge in [-0.1, -0.05) is 13.8 Å². The molecule has 0 aromatic carbocycles. The summed E-state index contributed by atoms with van der Waals surface area (Å²) in [6.07, 6.45) is -0.591. The summed E-state index contributed by atoms with van der Waals surface area (Å²) < 4.78 is 0. The molecule has 19 heavy (non-hydrogen) atoms. The molecule has 0 radical (unpaired) electrons. The molecule has 0 saturated heterocycles. The average molecular weight is 275 g/mol. The van der Waals surface area contributed by atoms with Crippen molar-refractivity contribution in [2.24, 2.45) is 17.6 Å². The van der Waals surface area contributed by atoms with Gasteiger partial charge in [0.15, 0.2) is 0 Å². The predicted molar refractivity (Wildman–Crippen MR) is 61.6 cm³/mol. The van der Waals surface area contributed by atoms with Gasteiger partial charge in [0.2, 0.25) is 11.8 Å².